The van der Waals surface area contributed by atoms with E-state index in [9.17, 15) is 0 Å². The monoisotopic (exact) mass is 288 g/mol. The highest BCUT2D eigenvalue weighted by Gasteiger charge is 2.12. The van der Waals surface area contributed by atoms with Crippen LogP contribution < -0.4 is 11.3 Å². The molecule has 0 radical (unpaired) electrons. The van der Waals surface area contributed by atoms with Gasteiger partial charge < -0.3 is 0 Å². The molecule has 0 bridgehead atoms. The van der Waals surface area contributed by atoms with Gasteiger partial charge in [-0.1, -0.05) is 67.4 Å². The maximum absolute atomic E-state index is 6.21. The Morgan fingerprint density at radius 2 is 1.80 bits per heavy atom. The highest BCUT2D eigenvalue weighted by atomic mass is 35.5. The highest BCUT2D eigenvalue weighted by Crippen LogP contribution is 2.23. The van der Waals surface area contributed by atoms with E-state index < -0.39 is 0 Å². The van der Waals surface area contributed by atoms with Crippen molar-refractivity contribution in [2.45, 2.75) is 32.2 Å². The van der Waals surface area contributed by atoms with Crippen LogP contribution in [0, 0.1) is 0 Å². The number of hydrogen-bond donors (Lipinski definition) is 2. The molecule has 0 aliphatic rings. The predicted octanol–water partition coefficient (Wildman–Crippen LogP) is 4.04. The summed E-state index contributed by atoms with van der Waals surface area (Å²) in [5.74, 6) is 5.71. The van der Waals surface area contributed by atoms with E-state index in [2.05, 4.69) is 36.6 Å². The van der Waals surface area contributed by atoms with Crippen molar-refractivity contribution in [1.29, 1.82) is 0 Å². The second-order valence-electron chi connectivity index (χ2n) is 5.01. The lowest BCUT2D eigenvalue weighted by atomic mass is 9.97. The van der Waals surface area contributed by atoms with Crippen LogP contribution in [-0.2, 0) is 12.8 Å². The van der Waals surface area contributed by atoms with Crippen molar-refractivity contribution in [1.82, 2.24) is 5.43 Å². The minimum absolute atomic E-state index is 0.0746. The molecule has 0 aromatic heterocycles. The number of nitrogens with two attached hydrogens (primary N) is 1. The lowest BCUT2D eigenvalue weighted by Gasteiger charge is -2.17. The van der Waals surface area contributed by atoms with E-state index in [0.717, 1.165) is 29.8 Å². The van der Waals surface area contributed by atoms with Gasteiger partial charge in [-0.15, -0.1) is 0 Å². The van der Waals surface area contributed by atoms with E-state index >= 15 is 0 Å². The van der Waals surface area contributed by atoms with Crippen LogP contribution in [0.15, 0.2) is 48.5 Å². The topological polar surface area (TPSA) is 38.0 Å². The van der Waals surface area contributed by atoms with E-state index in [-0.39, 0.29) is 6.04 Å². The molecule has 2 aromatic carbocycles. The number of halogens is 1. The molecule has 2 nitrogen and oxygen atoms in total. The Balaban J connectivity index is 2.13. The van der Waals surface area contributed by atoms with Crippen molar-refractivity contribution in [3.05, 3.63) is 70.2 Å². The van der Waals surface area contributed by atoms with Gasteiger partial charge >= 0.3 is 0 Å². The fourth-order valence-electron chi connectivity index (χ4n) is 2.36. The molecule has 0 saturated carbocycles. The fourth-order valence-corrected chi connectivity index (χ4v) is 2.58. The summed E-state index contributed by atoms with van der Waals surface area (Å²) in [5.41, 5.74) is 6.55. The number of nitrogens with one attached hydrogen (secondary N) is 1. The summed E-state index contributed by atoms with van der Waals surface area (Å²) >= 11 is 6.21. The Hall–Kier alpha value is -1.35. The van der Waals surface area contributed by atoms with E-state index in [1.807, 2.05) is 24.3 Å². The molecule has 0 saturated heterocycles. The molecule has 0 spiro atoms. The minimum atomic E-state index is 0.0746. The molecule has 106 valence electrons. The van der Waals surface area contributed by atoms with Gasteiger partial charge in [-0.05, 0) is 35.6 Å². The highest BCUT2D eigenvalue weighted by molar-refractivity contribution is 6.31. The zero-order valence-electron chi connectivity index (χ0n) is 11.8. The maximum Gasteiger partial charge on any atom is 0.0500 e. The Kier molecular flexibility index (Phi) is 5.60. The summed E-state index contributed by atoms with van der Waals surface area (Å²) in [6, 6.07) is 16.6. The summed E-state index contributed by atoms with van der Waals surface area (Å²) in [6.45, 7) is 2.19. The van der Waals surface area contributed by atoms with Crippen LogP contribution >= 0.6 is 11.6 Å². The molecule has 0 heterocycles. The largest absolute Gasteiger partial charge is 0.271 e. The molecular weight excluding hydrogens is 268 g/mol. The van der Waals surface area contributed by atoms with Crippen molar-refractivity contribution in [2.75, 3.05) is 0 Å². The van der Waals surface area contributed by atoms with Gasteiger partial charge in [-0.2, -0.15) is 0 Å². The van der Waals surface area contributed by atoms with Crippen LogP contribution in [0.25, 0.3) is 0 Å². The van der Waals surface area contributed by atoms with Crippen LogP contribution in [0.1, 0.15) is 36.1 Å². The second-order valence-corrected chi connectivity index (χ2v) is 5.41. The Labute approximate surface area is 125 Å². The van der Waals surface area contributed by atoms with Gasteiger partial charge in [0, 0.05) is 5.02 Å². The van der Waals surface area contributed by atoms with Gasteiger partial charge in [0.25, 0.3) is 0 Å². The molecule has 20 heavy (non-hydrogen) atoms. The van der Waals surface area contributed by atoms with Gasteiger partial charge in [0.15, 0.2) is 0 Å². The van der Waals surface area contributed by atoms with Gasteiger partial charge in [0.1, 0.15) is 0 Å². The molecule has 3 heteroatoms. The van der Waals surface area contributed by atoms with Gasteiger partial charge in [-0.3, -0.25) is 11.3 Å². The van der Waals surface area contributed by atoms with Crippen molar-refractivity contribution in [2.24, 2.45) is 5.84 Å². The molecule has 0 amide bonds. The number of hydrazine groups is 1. The zero-order chi connectivity index (χ0) is 14.4. The molecular formula is C17H21ClN2. The van der Waals surface area contributed by atoms with Crippen LogP contribution in [0.3, 0.4) is 0 Å². The number of benzene rings is 2. The lowest BCUT2D eigenvalue weighted by Crippen LogP contribution is -2.29. The fraction of sp³-hybridized carbons (Fsp3) is 0.294. The summed E-state index contributed by atoms with van der Waals surface area (Å²) in [7, 11) is 0. The normalized spacial score (nSPS) is 12.3. The SMILES string of the molecule is CCCc1ccc(C(Cc2ccccc2Cl)NN)cc1. The third-order valence-electron chi connectivity index (χ3n) is 3.50. The van der Waals surface area contributed by atoms with Gasteiger partial charge in [0.2, 0.25) is 0 Å². The van der Waals surface area contributed by atoms with Crippen molar-refractivity contribution >= 4 is 11.6 Å². The summed E-state index contributed by atoms with van der Waals surface area (Å²) in [6.07, 6.45) is 3.06. The van der Waals surface area contributed by atoms with E-state index in [1.165, 1.54) is 11.1 Å². The predicted molar refractivity (Wildman–Crippen MR) is 85.7 cm³/mol. The number of rotatable bonds is 6. The molecule has 1 atom stereocenters. The van der Waals surface area contributed by atoms with Crippen LogP contribution in [-0.4, -0.2) is 0 Å². The summed E-state index contributed by atoms with van der Waals surface area (Å²) in [5, 5.41) is 0.787. The zero-order valence-corrected chi connectivity index (χ0v) is 12.5. The average molecular weight is 289 g/mol. The standard InChI is InChI=1S/C17H21ClN2/c1-2-5-13-8-10-14(11-9-13)17(20-19)12-15-6-3-4-7-16(15)18/h3-4,6-11,17,20H,2,5,12,19H2,1H3. The Morgan fingerprint density at radius 3 is 2.40 bits per heavy atom. The number of hydrogen-bond acceptors (Lipinski definition) is 2. The van der Waals surface area contributed by atoms with Crippen LogP contribution in [0.5, 0.6) is 0 Å². The molecule has 1 unspecified atom stereocenters. The first kappa shape index (κ1) is 15.0. The minimum Gasteiger partial charge on any atom is -0.271 e. The molecule has 0 aliphatic carbocycles. The van der Waals surface area contributed by atoms with Crippen molar-refractivity contribution < 1.29 is 0 Å². The average Bonchev–Trinajstić information content (AvgIpc) is 2.48. The first-order valence-electron chi connectivity index (χ1n) is 7.03. The van der Waals surface area contributed by atoms with Crippen LogP contribution in [0.4, 0.5) is 0 Å². The van der Waals surface area contributed by atoms with Crippen molar-refractivity contribution in [3.8, 4) is 0 Å². The van der Waals surface area contributed by atoms with Gasteiger partial charge in [0.05, 0.1) is 6.04 Å². The van der Waals surface area contributed by atoms with E-state index in [4.69, 9.17) is 17.4 Å². The van der Waals surface area contributed by atoms with E-state index in [0.29, 0.717) is 0 Å². The lowest BCUT2D eigenvalue weighted by molar-refractivity contribution is 0.552. The molecule has 0 fully saturated rings. The van der Waals surface area contributed by atoms with Crippen LogP contribution in [0.2, 0.25) is 5.02 Å². The van der Waals surface area contributed by atoms with Gasteiger partial charge in [-0.25, -0.2) is 0 Å². The third-order valence-corrected chi connectivity index (χ3v) is 3.87. The van der Waals surface area contributed by atoms with Crippen molar-refractivity contribution in [3.63, 3.8) is 0 Å². The Bertz CT molecular complexity index is 537. The molecule has 3 N–H and O–H groups in total. The molecule has 0 aliphatic heterocycles. The Morgan fingerprint density at radius 1 is 1.10 bits per heavy atom. The molecule has 2 rings (SSSR count). The second kappa shape index (κ2) is 7.44. The first-order valence-corrected chi connectivity index (χ1v) is 7.40. The smallest absolute Gasteiger partial charge is 0.0500 e. The third kappa shape index (κ3) is 3.83. The first-order chi connectivity index (χ1) is 9.74. The summed E-state index contributed by atoms with van der Waals surface area (Å²) in [4.78, 5) is 0. The summed E-state index contributed by atoms with van der Waals surface area (Å²) < 4.78 is 0. The quantitative estimate of drug-likeness (QED) is 0.622. The van der Waals surface area contributed by atoms with E-state index in [1.54, 1.807) is 0 Å². The number of aryl methyl sites for hydroxylation is 1. The maximum atomic E-state index is 6.21. The molecule has 2 aromatic rings.